The van der Waals surface area contributed by atoms with Gasteiger partial charge < -0.3 is 0 Å². The molecular formula is C14H13ClN4S. The first-order valence-corrected chi connectivity index (χ1v) is 7.38. The van der Waals surface area contributed by atoms with Gasteiger partial charge in [-0.2, -0.15) is 5.10 Å². The van der Waals surface area contributed by atoms with Crippen molar-refractivity contribution in [2.24, 2.45) is 5.10 Å². The van der Waals surface area contributed by atoms with Gasteiger partial charge in [0, 0.05) is 16.1 Å². The van der Waals surface area contributed by atoms with Crippen molar-refractivity contribution in [3.05, 3.63) is 51.7 Å². The molecule has 0 unspecified atom stereocenters. The highest BCUT2D eigenvalue weighted by molar-refractivity contribution is 7.15. The lowest BCUT2D eigenvalue weighted by Crippen LogP contribution is -1.96. The molecule has 1 aromatic carbocycles. The van der Waals surface area contributed by atoms with Crippen molar-refractivity contribution in [2.45, 2.75) is 13.8 Å². The second kappa shape index (κ2) is 5.26. The molecule has 0 bridgehead atoms. The van der Waals surface area contributed by atoms with Crippen LogP contribution in [-0.4, -0.2) is 15.6 Å². The Labute approximate surface area is 125 Å². The summed E-state index contributed by atoms with van der Waals surface area (Å²) in [6.45, 7) is 4.05. The molecule has 0 aliphatic rings. The molecule has 20 heavy (non-hydrogen) atoms. The van der Waals surface area contributed by atoms with Crippen molar-refractivity contribution in [1.29, 1.82) is 0 Å². The van der Waals surface area contributed by atoms with E-state index < -0.39 is 0 Å². The third kappa shape index (κ3) is 2.42. The van der Waals surface area contributed by atoms with Crippen LogP contribution in [0.5, 0.6) is 0 Å². The molecule has 6 heteroatoms. The van der Waals surface area contributed by atoms with Crippen LogP contribution in [-0.2, 0) is 0 Å². The van der Waals surface area contributed by atoms with Crippen molar-refractivity contribution < 1.29 is 0 Å². The Morgan fingerprint density at radius 2 is 2.05 bits per heavy atom. The topological polar surface area (TPSA) is 41.7 Å². The fourth-order valence-electron chi connectivity index (χ4n) is 1.97. The summed E-state index contributed by atoms with van der Waals surface area (Å²) in [5.41, 5.74) is 7.02. The highest BCUT2D eigenvalue weighted by atomic mass is 35.5. The molecule has 0 fully saturated rings. The van der Waals surface area contributed by atoms with Crippen LogP contribution in [0.4, 0.5) is 5.69 Å². The maximum Gasteiger partial charge on any atom is 0.194 e. The summed E-state index contributed by atoms with van der Waals surface area (Å²) >= 11 is 7.48. The normalized spacial score (nSPS) is 11.6. The number of thiazole rings is 1. The number of benzene rings is 1. The number of hydrogen-bond acceptors (Lipinski definition) is 4. The number of imidazole rings is 1. The molecule has 4 nitrogen and oxygen atoms in total. The fraction of sp³-hybridized carbons (Fsp3) is 0.143. The summed E-state index contributed by atoms with van der Waals surface area (Å²) in [5.74, 6) is 0. The molecule has 0 atom stereocenters. The number of aromatic nitrogens is 2. The molecule has 0 spiro atoms. The molecule has 3 rings (SSSR count). The Bertz CT molecular complexity index is 770. The molecule has 0 aliphatic carbocycles. The first kappa shape index (κ1) is 13.1. The summed E-state index contributed by atoms with van der Waals surface area (Å²) in [4.78, 5) is 5.51. The smallest absolute Gasteiger partial charge is 0.194 e. The molecule has 0 aliphatic heterocycles. The van der Waals surface area contributed by atoms with Crippen molar-refractivity contribution in [3.8, 4) is 0 Å². The average molecular weight is 305 g/mol. The summed E-state index contributed by atoms with van der Waals surface area (Å²) in [6, 6.07) is 7.41. The third-order valence-corrected chi connectivity index (χ3v) is 4.17. The molecule has 0 saturated heterocycles. The van der Waals surface area contributed by atoms with Crippen LogP contribution < -0.4 is 5.43 Å². The Hall–Kier alpha value is -1.85. The Balaban J connectivity index is 1.85. The van der Waals surface area contributed by atoms with Gasteiger partial charge in [-0.3, -0.25) is 9.83 Å². The summed E-state index contributed by atoms with van der Waals surface area (Å²) in [6.07, 6.45) is 1.80. The van der Waals surface area contributed by atoms with Crippen LogP contribution in [0.3, 0.4) is 0 Å². The van der Waals surface area contributed by atoms with Gasteiger partial charge in [-0.1, -0.05) is 11.6 Å². The number of nitrogens with zero attached hydrogens (tertiary/aromatic N) is 3. The number of rotatable bonds is 3. The molecule has 3 aromatic rings. The van der Waals surface area contributed by atoms with E-state index in [9.17, 15) is 0 Å². The lowest BCUT2D eigenvalue weighted by atomic mass is 10.3. The lowest BCUT2D eigenvalue weighted by Gasteiger charge is -2.00. The van der Waals surface area contributed by atoms with E-state index in [1.54, 1.807) is 17.6 Å². The van der Waals surface area contributed by atoms with Crippen LogP contribution in [0.1, 0.15) is 17.1 Å². The summed E-state index contributed by atoms with van der Waals surface area (Å²) in [7, 11) is 0. The van der Waals surface area contributed by atoms with Gasteiger partial charge in [0.05, 0.1) is 23.3 Å². The van der Waals surface area contributed by atoms with Gasteiger partial charge in [-0.15, -0.1) is 11.3 Å². The second-order valence-electron chi connectivity index (χ2n) is 4.45. The van der Waals surface area contributed by atoms with Crippen LogP contribution in [0, 0.1) is 13.8 Å². The SMILES string of the molecule is Cc1nc2scc(C)n2c1C=NNc1ccc(Cl)cc1. The second-order valence-corrected chi connectivity index (χ2v) is 5.73. The van der Waals surface area contributed by atoms with Crippen molar-refractivity contribution in [2.75, 3.05) is 5.43 Å². The first-order chi connectivity index (χ1) is 9.65. The minimum absolute atomic E-state index is 0.710. The minimum Gasteiger partial charge on any atom is -0.286 e. The number of fused-ring (bicyclic) bond motifs is 1. The zero-order valence-electron chi connectivity index (χ0n) is 11.1. The van der Waals surface area contributed by atoms with Gasteiger partial charge >= 0.3 is 0 Å². The number of hydrazone groups is 1. The summed E-state index contributed by atoms with van der Waals surface area (Å²) in [5, 5.41) is 7.07. The van der Waals surface area contributed by atoms with Crippen molar-refractivity contribution in [3.63, 3.8) is 0 Å². The van der Waals surface area contributed by atoms with E-state index in [4.69, 9.17) is 11.6 Å². The molecule has 0 amide bonds. The highest BCUT2D eigenvalue weighted by Gasteiger charge is 2.09. The van der Waals surface area contributed by atoms with E-state index in [1.807, 2.05) is 31.2 Å². The fourth-order valence-corrected chi connectivity index (χ4v) is 3.01. The number of nitrogens with one attached hydrogen (secondary N) is 1. The average Bonchev–Trinajstić information content (AvgIpc) is 2.93. The van der Waals surface area contributed by atoms with Crippen LogP contribution >= 0.6 is 22.9 Å². The van der Waals surface area contributed by atoms with Crippen molar-refractivity contribution >= 4 is 39.8 Å². The quantitative estimate of drug-likeness (QED) is 0.584. The van der Waals surface area contributed by atoms with Gasteiger partial charge in [0.15, 0.2) is 4.96 Å². The Morgan fingerprint density at radius 1 is 1.30 bits per heavy atom. The number of anilines is 1. The van der Waals surface area contributed by atoms with E-state index in [-0.39, 0.29) is 0 Å². The number of hydrogen-bond donors (Lipinski definition) is 1. The van der Waals surface area contributed by atoms with E-state index in [0.29, 0.717) is 5.02 Å². The van der Waals surface area contributed by atoms with Crippen LogP contribution in [0.2, 0.25) is 5.02 Å². The van der Waals surface area contributed by atoms with Gasteiger partial charge in [-0.25, -0.2) is 4.98 Å². The van der Waals surface area contributed by atoms with Gasteiger partial charge in [0.2, 0.25) is 0 Å². The molecule has 0 saturated carbocycles. The Kier molecular flexibility index (Phi) is 3.46. The zero-order valence-corrected chi connectivity index (χ0v) is 12.7. The summed E-state index contributed by atoms with van der Waals surface area (Å²) < 4.78 is 2.10. The van der Waals surface area contributed by atoms with Gasteiger partial charge in [0.25, 0.3) is 0 Å². The molecular weight excluding hydrogens is 292 g/mol. The van der Waals surface area contributed by atoms with E-state index in [0.717, 1.165) is 22.0 Å². The molecule has 0 radical (unpaired) electrons. The monoisotopic (exact) mass is 304 g/mol. The van der Waals surface area contributed by atoms with E-state index in [1.165, 1.54) is 5.69 Å². The van der Waals surface area contributed by atoms with E-state index >= 15 is 0 Å². The first-order valence-electron chi connectivity index (χ1n) is 6.13. The maximum absolute atomic E-state index is 5.84. The Morgan fingerprint density at radius 3 is 2.80 bits per heavy atom. The van der Waals surface area contributed by atoms with Gasteiger partial charge in [0.1, 0.15) is 0 Å². The van der Waals surface area contributed by atoms with E-state index in [2.05, 4.69) is 32.2 Å². The van der Waals surface area contributed by atoms with Crippen LogP contribution in [0.25, 0.3) is 4.96 Å². The van der Waals surface area contributed by atoms with Gasteiger partial charge in [-0.05, 0) is 38.1 Å². The highest BCUT2D eigenvalue weighted by Crippen LogP contribution is 2.19. The standard InChI is InChI=1S/C14H13ClN4S/c1-9-8-20-14-17-10(2)13(19(9)14)7-16-18-12-5-3-11(15)4-6-12/h3-8,18H,1-2H3. The third-order valence-electron chi connectivity index (χ3n) is 2.98. The zero-order chi connectivity index (χ0) is 14.1. The maximum atomic E-state index is 5.84. The molecule has 1 N–H and O–H groups in total. The lowest BCUT2D eigenvalue weighted by molar-refractivity contribution is 1.11. The largest absolute Gasteiger partial charge is 0.286 e. The number of aryl methyl sites for hydroxylation is 2. The molecule has 2 aromatic heterocycles. The van der Waals surface area contributed by atoms with Crippen LogP contribution in [0.15, 0.2) is 34.7 Å². The predicted molar refractivity (Wildman–Crippen MR) is 85.2 cm³/mol. The molecule has 102 valence electrons. The molecule has 2 heterocycles. The minimum atomic E-state index is 0.710. The number of halogens is 1. The predicted octanol–water partition coefficient (Wildman–Crippen LogP) is 4.11. The van der Waals surface area contributed by atoms with Crippen molar-refractivity contribution in [1.82, 2.24) is 9.38 Å².